The summed E-state index contributed by atoms with van der Waals surface area (Å²) in [7, 11) is -14.7. The van der Waals surface area contributed by atoms with E-state index in [2.05, 4.69) is 104 Å². The highest BCUT2D eigenvalue weighted by atomic mass is 31.2. The Kier molecular flexibility index (Phi) is 45.1. The number of aromatic nitrogens is 8. The van der Waals surface area contributed by atoms with Crippen LogP contribution in [0.3, 0.4) is 0 Å². The van der Waals surface area contributed by atoms with Crippen molar-refractivity contribution in [1.29, 1.82) is 0 Å². The molecule has 10 heterocycles. The molecular weight excluding hydrogens is 2060 g/mol. The lowest BCUT2D eigenvalue weighted by Gasteiger charge is -2.37. The molecule has 64 heteroatoms. The molecule has 20 N–H and O–H groups in total. The van der Waals surface area contributed by atoms with Crippen LogP contribution in [-0.4, -0.2) is 384 Å². The van der Waals surface area contributed by atoms with Gasteiger partial charge in [-0.05, 0) is 135 Å². The van der Waals surface area contributed by atoms with E-state index in [9.17, 15) is 97.5 Å². The van der Waals surface area contributed by atoms with Crippen LogP contribution in [0.25, 0.3) is 22.3 Å². The number of anilines is 1. The van der Waals surface area contributed by atoms with Gasteiger partial charge in [0.1, 0.15) is 159 Å². The van der Waals surface area contributed by atoms with E-state index >= 15 is 0 Å². The average molecular weight is 2200 g/mol. The molecule has 0 aromatic carbocycles. The topological polar surface area (TPSA) is 788 Å². The molecule has 834 valence electrons. The van der Waals surface area contributed by atoms with Gasteiger partial charge in [0.25, 0.3) is 0 Å². The summed E-state index contributed by atoms with van der Waals surface area (Å²) < 4.78 is 145. The Balaban J connectivity index is 0.000000221. The number of carbonyl (C=O) groups is 8. The lowest BCUT2D eigenvalue weighted by atomic mass is 9.96. The number of fused-ring (bicyclic) bond motifs is 2. The zero-order valence-electron chi connectivity index (χ0n) is 85.1. The average Bonchev–Trinajstić information content (AvgIpc) is 1.59. The molecule has 16 atom stereocenters. The first-order valence-electron chi connectivity index (χ1n) is 47.5. The van der Waals surface area contributed by atoms with Gasteiger partial charge in [-0.2, -0.15) is 4.98 Å². The number of esters is 8. The fourth-order valence-corrected chi connectivity index (χ4v) is 20.1. The predicted molar refractivity (Wildman–Crippen MR) is 522 cm³/mol. The maximum absolute atomic E-state index is 13.4. The fraction of sp³-hybridized carbons (Fsp3) is 0.671. The van der Waals surface area contributed by atoms with Gasteiger partial charge in [-0.3, -0.25) is 70.7 Å². The molecular formula is C85H137N23O37P4. The Morgan fingerprint density at radius 2 is 0.745 bits per heavy atom. The van der Waals surface area contributed by atoms with Gasteiger partial charge in [0.15, 0.2) is 53.1 Å². The SMILES string of the molecule is C=C1N=C(N)C=CN1[C@@H]1O[C@H](COP(=O)(NCC(=O)OCC)NCC(=O)OCC)C(O)[C@]1(C)O.C=C1NC(=NC2CC2)C=CN1[C@@H]1O[C@H](COP(=O)(NCC(=O)OCC)NCC(=O)OCC)C(O)[C@]1(C)O.CCOC(=O)CNP(=O)(NCC(=O)OCC)OC[C@H]1O[C@@H](n2cnc3c(NC4CC4)nc(C)nc32)[C@@](C)(O)C1O.CCOC(=O)CNP(=O)(NCC(=O)OCC)OC[C@H]1O[C@@H](n2cnc3c(OC)nc(C)nc32)[C@@](C)(O)C1O. The predicted octanol–water partition coefficient (Wildman–Crippen LogP) is -1.65. The molecule has 149 heavy (non-hydrogen) atoms. The van der Waals surface area contributed by atoms with E-state index < -0.39 is 253 Å². The largest absolute Gasteiger partial charge is 0.479 e. The molecule has 2 aliphatic carbocycles. The van der Waals surface area contributed by atoms with Crippen molar-refractivity contribution in [2.75, 3.05) is 144 Å². The van der Waals surface area contributed by atoms with Gasteiger partial charge in [0.05, 0.1) is 105 Å². The number of nitrogens with two attached hydrogens (primary N) is 1. The monoisotopic (exact) mass is 2200 g/mol. The van der Waals surface area contributed by atoms with E-state index in [1.165, 1.54) is 78.7 Å². The number of aryl methyl sites for hydroxylation is 2. The minimum atomic E-state index is -4.06. The van der Waals surface area contributed by atoms with Gasteiger partial charge in [-0.15, -0.1) is 0 Å². The van der Waals surface area contributed by atoms with E-state index in [0.717, 1.165) is 25.7 Å². The van der Waals surface area contributed by atoms with Gasteiger partial charge < -0.3 is 147 Å². The Morgan fingerprint density at radius 3 is 1.05 bits per heavy atom. The van der Waals surface area contributed by atoms with Crippen molar-refractivity contribution in [1.82, 2.24) is 94.9 Å². The molecule has 12 rings (SSSR count). The highest BCUT2D eigenvalue weighted by Gasteiger charge is 2.59. The molecule has 6 aliphatic heterocycles. The fourth-order valence-electron chi connectivity index (χ4n) is 14.8. The number of aliphatic hydroxyl groups excluding tert-OH is 4. The molecule has 60 nitrogen and oxygen atoms in total. The second-order valence-corrected chi connectivity index (χ2v) is 42.5. The molecule has 0 bridgehead atoms. The quantitative estimate of drug-likeness (QED) is 0.0134. The first-order chi connectivity index (χ1) is 70.3. The van der Waals surface area contributed by atoms with Crippen molar-refractivity contribution < 1.29 is 177 Å². The summed E-state index contributed by atoms with van der Waals surface area (Å²) in [5.74, 6) is -2.45. The standard InChI is InChI=1S/C23H36N7O9P.C22H36N5O9P.C21H33N6O10P.C19H32N5O9P/c1-5-36-16(31)9-25-40(35,26-10-17(32)37-6-2)38-11-15-19(33)23(4,34)22(39-15)30-12-24-18-20(29-14-7-8-14)27-13(3)28-21(18)30;1-5-33-18(28)11-23-37(32,24-12-19(29)34-6-2)35-13-16-20(30)22(4,31)21(36-16)27-10-9-17(25-14(27)3)26-15-7-8-15;1-6-34-14(28)8-23-38(32,24-9-15(29)35-7-2)36-10-13-17(30)21(4,31)20(37-13)27-11-22-16-18(27)25-12(3)26-19(16)33-5;1-5-30-15(25)9-21-34(29,22-10-16(26)31-6-2)32-11-13-17(27)19(4,28)18(33-13)24-8-7-14(20)23-12(24)3/h12,14-15,19,22,33-34H,5-11H2,1-4H3,(H2,25,26,35)(H,27,28,29);9-10,15-16,20-21,30-31H,3,5-8,11-13H2,1-2,4H3,(H,25,26)(H2,23,24,32);11,13,17,20,30-31H,6-10H2,1-5H3,(H2,23,24,32);7-8,13,17-18,27-28H,3,5-6,9-11H2,1-2,4H3,(H2,20,23)(H2,21,22,29)/t15-,19?,22-,23+;16-,20?,21-,22+;13-,17?,20-,21+;13-,17?,18-,19+/m1111/s1. The third kappa shape index (κ3) is 34.0. The van der Waals surface area contributed by atoms with E-state index in [1.54, 1.807) is 81.5 Å². The second kappa shape index (κ2) is 54.9. The number of carbonyl (C=O) groups excluding carboxylic acids is 8. The lowest BCUT2D eigenvalue weighted by molar-refractivity contribution is -0.142. The number of aliphatic imine (C=N–C) groups is 2. The van der Waals surface area contributed by atoms with E-state index in [-0.39, 0.29) is 70.4 Å². The maximum Gasteiger partial charge on any atom is 0.341 e. The number of methoxy groups -OCH3 is 1. The van der Waals surface area contributed by atoms with Crippen molar-refractivity contribution in [2.24, 2.45) is 15.7 Å². The number of amidine groups is 2. The Morgan fingerprint density at radius 1 is 0.450 bits per heavy atom. The summed E-state index contributed by atoms with van der Waals surface area (Å²) in [4.78, 5) is 132. The molecule has 2 saturated carbocycles. The first-order valence-corrected chi connectivity index (χ1v) is 54.0. The highest BCUT2D eigenvalue weighted by Crippen LogP contribution is 2.49. The van der Waals surface area contributed by atoms with Crippen LogP contribution in [0.15, 0.2) is 72.0 Å². The lowest BCUT2D eigenvalue weighted by Crippen LogP contribution is -2.53. The van der Waals surface area contributed by atoms with Crippen LogP contribution in [0, 0.1) is 13.8 Å². The molecule has 0 radical (unpaired) electrons. The van der Waals surface area contributed by atoms with E-state index in [0.29, 0.717) is 63.5 Å². The number of imidazole rings is 2. The van der Waals surface area contributed by atoms with Crippen LogP contribution >= 0.6 is 30.7 Å². The number of hydrogen-bond donors (Lipinski definition) is 19. The van der Waals surface area contributed by atoms with Crippen LogP contribution in [0.5, 0.6) is 5.88 Å². The second-order valence-electron chi connectivity index (χ2n) is 34.5. The van der Waals surface area contributed by atoms with Gasteiger partial charge in [0.2, 0.25) is 5.88 Å². The molecule has 4 aromatic heterocycles. The minimum Gasteiger partial charge on any atom is -0.479 e. The molecule has 0 spiro atoms. The molecule has 6 fully saturated rings. The number of ether oxygens (including phenoxy) is 13. The van der Waals surface area contributed by atoms with Crippen LogP contribution in [-0.2, 0) is 132 Å². The summed E-state index contributed by atoms with van der Waals surface area (Å²) in [6.07, 6.45) is -1.71. The number of aliphatic hydroxyl groups is 8. The molecule has 4 aromatic rings. The Labute approximate surface area is 856 Å². The summed E-state index contributed by atoms with van der Waals surface area (Å²) >= 11 is 0. The summed E-state index contributed by atoms with van der Waals surface area (Å²) in [5.41, 5.74) is -0.115. The summed E-state index contributed by atoms with van der Waals surface area (Å²) in [5, 5.41) is 113. The van der Waals surface area contributed by atoms with E-state index in [4.69, 9.17) is 85.4 Å². The number of nitrogens with zero attached hydrogens (tertiary/aromatic N) is 12. The Bertz CT molecular complexity index is 5530. The van der Waals surface area contributed by atoms with Crippen LogP contribution in [0.2, 0.25) is 0 Å². The van der Waals surface area contributed by atoms with Crippen molar-refractivity contribution in [2.45, 2.75) is 231 Å². The van der Waals surface area contributed by atoms with Gasteiger partial charge in [0, 0.05) is 18.4 Å². The third-order valence-corrected chi connectivity index (χ3v) is 29.2. The first kappa shape index (κ1) is 122. The van der Waals surface area contributed by atoms with E-state index in [1.807, 2.05) is 0 Å². The maximum atomic E-state index is 13.4. The van der Waals surface area contributed by atoms with Crippen LogP contribution in [0.1, 0.15) is 133 Å². The molecule has 4 unspecified atom stereocenters. The van der Waals surface area contributed by atoms with Gasteiger partial charge in [-0.1, -0.05) is 13.2 Å². The highest BCUT2D eigenvalue weighted by molar-refractivity contribution is 7.55. The van der Waals surface area contributed by atoms with Crippen molar-refractivity contribution in [3.63, 3.8) is 0 Å². The molecule has 8 aliphatic rings. The summed E-state index contributed by atoms with van der Waals surface area (Å²) in [6, 6.07) is 0.619. The summed E-state index contributed by atoms with van der Waals surface area (Å²) in [6.45, 7) is 24.7. The smallest absolute Gasteiger partial charge is 0.341 e. The van der Waals surface area contributed by atoms with Crippen molar-refractivity contribution in [3.8, 4) is 5.88 Å². The van der Waals surface area contributed by atoms with Gasteiger partial charge >= 0.3 is 78.4 Å². The van der Waals surface area contributed by atoms with Crippen LogP contribution in [0.4, 0.5) is 5.82 Å². The zero-order valence-corrected chi connectivity index (χ0v) is 88.7. The zero-order chi connectivity index (χ0) is 110. The van der Waals surface area contributed by atoms with Crippen molar-refractivity contribution in [3.05, 3.63) is 73.7 Å². The number of hydrogen-bond acceptors (Lipinski definition) is 49. The minimum absolute atomic E-state index is 0.111. The number of rotatable bonds is 52. The number of nitrogens with one attached hydrogen (secondary N) is 10. The van der Waals surface area contributed by atoms with Crippen molar-refractivity contribution >= 4 is 118 Å². The Hall–Kier alpha value is -10.1. The molecule has 0 amide bonds. The normalized spacial score (nSPS) is 26.0. The van der Waals surface area contributed by atoms with Crippen LogP contribution < -0.4 is 61.8 Å². The van der Waals surface area contributed by atoms with Gasteiger partial charge in [-0.25, -0.2) is 70.6 Å². The molecule has 4 saturated heterocycles. The third-order valence-electron chi connectivity index (χ3n) is 22.6.